The van der Waals surface area contributed by atoms with Crippen LogP contribution in [-0.4, -0.2) is 30.6 Å². The van der Waals surface area contributed by atoms with Crippen LogP contribution in [0.1, 0.15) is 15.9 Å². The van der Waals surface area contributed by atoms with Gasteiger partial charge < -0.3 is 11.5 Å². The van der Waals surface area contributed by atoms with Crippen LogP contribution in [-0.2, 0) is 0 Å². The van der Waals surface area contributed by atoms with E-state index in [0.29, 0.717) is 11.2 Å². The van der Waals surface area contributed by atoms with Crippen LogP contribution in [0.2, 0.25) is 0 Å². The normalized spacial score (nSPS) is 11.3. The van der Waals surface area contributed by atoms with Crippen LogP contribution in [0.15, 0.2) is 30.7 Å². The molecule has 0 atom stereocenters. The Bertz CT molecular complexity index is 1080. The monoisotopic (exact) mass is 307 g/mol. The van der Waals surface area contributed by atoms with Gasteiger partial charge in [0.15, 0.2) is 5.65 Å². The van der Waals surface area contributed by atoms with Crippen molar-refractivity contribution in [3.05, 3.63) is 41.9 Å². The predicted octanol–water partition coefficient (Wildman–Crippen LogP) is 1.29. The maximum absolute atomic E-state index is 11.8. The number of amides is 1. The van der Waals surface area contributed by atoms with Gasteiger partial charge in [0.25, 0.3) is 5.91 Å². The van der Waals surface area contributed by atoms with E-state index in [9.17, 15) is 4.79 Å². The molecule has 0 saturated carbocycles. The fourth-order valence-corrected chi connectivity index (χ4v) is 2.90. The second-order valence-corrected chi connectivity index (χ2v) is 5.25. The lowest BCUT2D eigenvalue weighted by atomic mass is 10.1. The topological polar surface area (TPSA) is 128 Å². The summed E-state index contributed by atoms with van der Waals surface area (Å²) in [6, 6.07) is 3.88. The SMILES string of the molecule is Cc1ccc2[nH]ncc2c1-n1c(N)c(C(N)=O)c2nccnc21. The van der Waals surface area contributed by atoms with Gasteiger partial charge in [0.2, 0.25) is 0 Å². The average molecular weight is 307 g/mol. The number of nitrogens with zero attached hydrogens (tertiary/aromatic N) is 4. The molecule has 114 valence electrons. The summed E-state index contributed by atoms with van der Waals surface area (Å²) in [7, 11) is 0. The number of anilines is 1. The fourth-order valence-electron chi connectivity index (χ4n) is 2.90. The molecule has 3 aromatic heterocycles. The highest BCUT2D eigenvalue weighted by Crippen LogP contribution is 2.33. The van der Waals surface area contributed by atoms with Crippen molar-refractivity contribution >= 4 is 33.8 Å². The summed E-state index contributed by atoms with van der Waals surface area (Å²) in [5, 5.41) is 7.87. The molecule has 3 heterocycles. The summed E-state index contributed by atoms with van der Waals surface area (Å²) >= 11 is 0. The summed E-state index contributed by atoms with van der Waals surface area (Å²) in [4.78, 5) is 20.4. The lowest BCUT2D eigenvalue weighted by Crippen LogP contribution is -2.14. The second-order valence-electron chi connectivity index (χ2n) is 5.25. The van der Waals surface area contributed by atoms with Gasteiger partial charge in [-0.3, -0.25) is 19.4 Å². The number of nitrogen functional groups attached to an aromatic ring is 1. The van der Waals surface area contributed by atoms with Gasteiger partial charge in [-0.15, -0.1) is 0 Å². The number of hydrogen-bond donors (Lipinski definition) is 3. The lowest BCUT2D eigenvalue weighted by molar-refractivity contribution is 0.100. The zero-order chi connectivity index (χ0) is 16.1. The van der Waals surface area contributed by atoms with E-state index >= 15 is 0 Å². The average Bonchev–Trinajstić information content (AvgIpc) is 3.09. The highest BCUT2D eigenvalue weighted by Gasteiger charge is 2.24. The molecule has 0 radical (unpaired) electrons. The lowest BCUT2D eigenvalue weighted by Gasteiger charge is -2.12. The molecule has 0 saturated heterocycles. The number of benzene rings is 1. The third kappa shape index (κ3) is 1.71. The quantitative estimate of drug-likeness (QED) is 0.514. The molecule has 0 spiro atoms. The number of carbonyl (C=O) groups is 1. The number of hydrogen-bond acceptors (Lipinski definition) is 5. The van der Waals surface area contributed by atoms with Crippen molar-refractivity contribution in [1.82, 2.24) is 24.7 Å². The predicted molar refractivity (Wildman–Crippen MR) is 86.2 cm³/mol. The zero-order valence-electron chi connectivity index (χ0n) is 12.2. The maximum atomic E-state index is 11.8. The van der Waals surface area contributed by atoms with Crippen LogP contribution in [0.5, 0.6) is 0 Å². The Morgan fingerprint density at radius 2 is 2.04 bits per heavy atom. The number of nitrogens with two attached hydrogens (primary N) is 2. The Labute approximate surface area is 130 Å². The van der Waals surface area contributed by atoms with E-state index in [1.54, 1.807) is 17.0 Å². The van der Waals surface area contributed by atoms with Crippen LogP contribution in [0.4, 0.5) is 5.82 Å². The van der Waals surface area contributed by atoms with E-state index < -0.39 is 5.91 Å². The van der Waals surface area contributed by atoms with Gasteiger partial charge >= 0.3 is 0 Å². The minimum absolute atomic E-state index is 0.174. The van der Waals surface area contributed by atoms with Crippen LogP contribution in [0.3, 0.4) is 0 Å². The van der Waals surface area contributed by atoms with E-state index in [4.69, 9.17) is 11.5 Å². The Morgan fingerprint density at radius 3 is 2.83 bits per heavy atom. The van der Waals surface area contributed by atoms with Gasteiger partial charge in [0.05, 0.1) is 17.4 Å². The van der Waals surface area contributed by atoms with Gasteiger partial charge in [-0.05, 0) is 18.6 Å². The van der Waals surface area contributed by atoms with E-state index in [0.717, 1.165) is 22.2 Å². The zero-order valence-corrected chi connectivity index (χ0v) is 12.2. The van der Waals surface area contributed by atoms with Crippen molar-refractivity contribution in [2.24, 2.45) is 5.73 Å². The van der Waals surface area contributed by atoms with Crippen molar-refractivity contribution in [1.29, 1.82) is 0 Å². The number of carbonyl (C=O) groups excluding carboxylic acids is 1. The number of aromatic nitrogens is 5. The third-order valence-corrected chi connectivity index (χ3v) is 3.89. The molecule has 0 aliphatic heterocycles. The van der Waals surface area contributed by atoms with Crippen LogP contribution in [0.25, 0.3) is 27.8 Å². The first-order valence-electron chi connectivity index (χ1n) is 6.93. The first-order chi connectivity index (χ1) is 11.1. The summed E-state index contributed by atoms with van der Waals surface area (Å²) < 4.78 is 1.70. The molecule has 23 heavy (non-hydrogen) atoms. The molecule has 0 unspecified atom stereocenters. The van der Waals surface area contributed by atoms with E-state index in [1.165, 1.54) is 6.20 Å². The van der Waals surface area contributed by atoms with Gasteiger partial charge in [-0.25, -0.2) is 4.98 Å². The summed E-state index contributed by atoms with van der Waals surface area (Å²) in [5.41, 5.74) is 15.4. The molecule has 8 heteroatoms. The summed E-state index contributed by atoms with van der Waals surface area (Å²) in [5.74, 6) is -0.417. The first-order valence-corrected chi connectivity index (χ1v) is 6.93. The number of aromatic amines is 1. The third-order valence-electron chi connectivity index (χ3n) is 3.89. The Balaban J connectivity index is 2.22. The molecule has 8 nitrogen and oxygen atoms in total. The molecular weight excluding hydrogens is 294 g/mol. The Hall–Kier alpha value is -3.42. The molecular formula is C15H13N7O. The molecule has 1 aromatic carbocycles. The Kier molecular flexibility index (Phi) is 2.61. The minimum atomic E-state index is -0.635. The summed E-state index contributed by atoms with van der Waals surface area (Å²) in [6.07, 6.45) is 4.76. The van der Waals surface area contributed by atoms with Gasteiger partial charge in [0, 0.05) is 17.8 Å². The van der Waals surface area contributed by atoms with Crippen molar-refractivity contribution in [2.75, 3.05) is 5.73 Å². The van der Waals surface area contributed by atoms with Crippen LogP contribution < -0.4 is 11.5 Å². The largest absolute Gasteiger partial charge is 0.384 e. The fraction of sp³-hybridized carbons (Fsp3) is 0.0667. The first kappa shape index (κ1) is 13.3. The molecule has 0 aliphatic rings. The summed E-state index contributed by atoms with van der Waals surface area (Å²) in [6.45, 7) is 1.95. The van der Waals surface area contributed by atoms with Crippen molar-refractivity contribution < 1.29 is 4.79 Å². The highest BCUT2D eigenvalue weighted by atomic mass is 16.1. The minimum Gasteiger partial charge on any atom is -0.384 e. The molecule has 0 aliphatic carbocycles. The van der Waals surface area contributed by atoms with Crippen molar-refractivity contribution in [3.8, 4) is 5.69 Å². The standard InChI is InChI=1S/C15H13N7O/c1-7-2-3-9-8(6-20-21-9)12(7)22-13(16)10(14(17)23)11-15(22)19-5-4-18-11/h2-6H,16H2,1H3,(H2,17,23)(H,20,21). The van der Waals surface area contributed by atoms with E-state index in [1.807, 2.05) is 19.1 Å². The molecule has 0 fully saturated rings. The molecule has 0 bridgehead atoms. The number of primary amides is 1. The van der Waals surface area contributed by atoms with Crippen LogP contribution in [0, 0.1) is 6.92 Å². The number of H-pyrrole nitrogens is 1. The highest BCUT2D eigenvalue weighted by molar-refractivity contribution is 6.10. The van der Waals surface area contributed by atoms with Gasteiger partial charge in [0.1, 0.15) is 16.9 Å². The smallest absolute Gasteiger partial charge is 0.254 e. The van der Waals surface area contributed by atoms with Gasteiger partial charge in [-0.1, -0.05) is 6.07 Å². The number of fused-ring (bicyclic) bond motifs is 2. The van der Waals surface area contributed by atoms with Crippen LogP contribution >= 0.6 is 0 Å². The molecule has 1 amide bonds. The van der Waals surface area contributed by atoms with E-state index in [-0.39, 0.29) is 11.4 Å². The number of nitrogens with one attached hydrogen (secondary N) is 1. The number of aryl methyl sites for hydroxylation is 1. The molecule has 5 N–H and O–H groups in total. The van der Waals surface area contributed by atoms with Crippen molar-refractivity contribution in [2.45, 2.75) is 6.92 Å². The Morgan fingerprint density at radius 1 is 1.26 bits per heavy atom. The number of rotatable bonds is 2. The van der Waals surface area contributed by atoms with E-state index in [2.05, 4.69) is 20.2 Å². The maximum Gasteiger partial charge on any atom is 0.254 e. The van der Waals surface area contributed by atoms with Crippen molar-refractivity contribution in [3.63, 3.8) is 0 Å². The molecule has 4 aromatic rings. The van der Waals surface area contributed by atoms with Gasteiger partial charge in [-0.2, -0.15) is 5.10 Å². The molecule has 4 rings (SSSR count). The second kappa shape index (κ2) is 4.54.